The Kier molecular flexibility index (Phi) is 4.13. The average molecular weight is 272 g/mol. The molecule has 7 heteroatoms. The number of hydrogen-bond donors (Lipinski definition) is 2. The van der Waals surface area contributed by atoms with E-state index in [1.165, 1.54) is 18.2 Å². The Morgan fingerprint density at radius 2 is 2.17 bits per heavy atom. The first-order valence-corrected chi connectivity index (χ1v) is 5.59. The molecule has 1 aromatic rings. The van der Waals surface area contributed by atoms with E-state index in [1.54, 1.807) is 13.8 Å². The van der Waals surface area contributed by atoms with Crippen LogP contribution in [0.3, 0.4) is 0 Å². The summed E-state index contributed by atoms with van der Waals surface area (Å²) in [7, 11) is 0. The predicted molar refractivity (Wildman–Crippen MR) is 69.6 cm³/mol. The van der Waals surface area contributed by atoms with Crippen molar-refractivity contribution in [2.75, 3.05) is 11.9 Å². The zero-order valence-electron chi connectivity index (χ0n) is 10.1. The number of primary amides is 1. The Morgan fingerprint density at radius 1 is 1.56 bits per heavy atom. The quantitative estimate of drug-likeness (QED) is 0.633. The Balaban J connectivity index is 2.92. The second-order valence-electron chi connectivity index (χ2n) is 4.52. The summed E-state index contributed by atoms with van der Waals surface area (Å²) in [4.78, 5) is 21.5. The second kappa shape index (κ2) is 5.22. The molecule has 1 aromatic carbocycles. The number of amides is 1. The van der Waals surface area contributed by atoms with Gasteiger partial charge in [0.25, 0.3) is 5.69 Å². The summed E-state index contributed by atoms with van der Waals surface area (Å²) in [6, 6.07) is 4.28. The molecule has 0 spiro atoms. The maximum absolute atomic E-state index is 11.1. The minimum Gasteiger partial charge on any atom is -0.378 e. The van der Waals surface area contributed by atoms with Gasteiger partial charge in [-0.1, -0.05) is 11.6 Å². The molecule has 0 atom stereocenters. The van der Waals surface area contributed by atoms with Crippen LogP contribution in [0.4, 0.5) is 11.4 Å². The van der Waals surface area contributed by atoms with Gasteiger partial charge in [-0.2, -0.15) is 0 Å². The highest BCUT2D eigenvalue weighted by Crippen LogP contribution is 2.28. The van der Waals surface area contributed by atoms with Crippen molar-refractivity contribution in [2.24, 2.45) is 11.1 Å². The number of carbonyl (C=O) groups excluding carboxylic acids is 1. The van der Waals surface area contributed by atoms with Gasteiger partial charge in [0.2, 0.25) is 5.91 Å². The molecule has 0 saturated carbocycles. The number of anilines is 1. The minimum absolute atomic E-state index is 0.136. The van der Waals surface area contributed by atoms with Gasteiger partial charge >= 0.3 is 0 Å². The standard InChI is InChI=1S/C11H14ClN3O3/c1-11(2,10(13)16)6-14-8-4-3-7(12)5-9(8)15(17)18/h3-5,14H,6H2,1-2H3,(H2,13,16). The largest absolute Gasteiger partial charge is 0.378 e. The van der Waals surface area contributed by atoms with Gasteiger partial charge in [0.1, 0.15) is 5.69 Å². The van der Waals surface area contributed by atoms with E-state index in [-0.39, 0.29) is 17.3 Å². The van der Waals surface area contributed by atoms with Crippen LogP contribution in [0.5, 0.6) is 0 Å². The third-order valence-corrected chi connectivity index (χ3v) is 2.78. The molecule has 0 aromatic heterocycles. The van der Waals surface area contributed by atoms with E-state index in [2.05, 4.69) is 5.32 Å². The maximum atomic E-state index is 11.1. The first kappa shape index (κ1) is 14.2. The summed E-state index contributed by atoms with van der Waals surface area (Å²) in [6.45, 7) is 3.51. The molecule has 18 heavy (non-hydrogen) atoms. The number of nitrogens with two attached hydrogens (primary N) is 1. The van der Waals surface area contributed by atoms with Gasteiger partial charge in [-0.25, -0.2) is 0 Å². The lowest BCUT2D eigenvalue weighted by molar-refractivity contribution is -0.383. The van der Waals surface area contributed by atoms with Crippen molar-refractivity contribution in [1.29, 1.82) is 0 Å². The molecule has 0 radical (unpaired) electrons. The van der Waals surface area contributed by atoms with E-state index in [0.717, 1.165) is 0 Å². The number of halogens is 1. The number of hydrogen-bond acceptors (Lipinski definition) is 4. The third-order valence-electron chi connectivity index (χ3n) is 2.54. The molecular formula is C11H14ClN3O3. The van der Waals surface area contributed by atoms with Crippen LogP contribution in [0.25, 0.3) is 0 Å². The average Bonchev–Trinajstić information content (AvgIpc) is 2.27. The summed E-state index contributed by atoms with van der Waals surface area (Å²) in [5, 5.41) is 14.0. The van der Waals surface area contributed by atoms with Gasteiger partial charge in [-0.3, -0.25) is 14.9 Å². The van der Waals surface area contributed by atoms with Gasteiger partial charge in [0, 0.05) is 17.6 Å². The molecule has 98 valence electrons. The summed E-state index contributed by atoms with van der Waals surface area (Å²) >= 11 is 5.70. The highest BCUT2D eigenvalue weighted by atomic mass is 35.5. The van der Waals surface area contributed by atoms with Gasteiger partial charge in [-0.05, 0) is 26.0 Å². The number of nitrogens with zero attached hydrogens (tertiary/aromatic N) is 1. The van der Waals surface area contributed by atoms with Crippen molar-refractivity contribution in [3.05, 3.63) is 33.3 Å². The lowest BCUT2D eigenvalue weighted by Gasteiger charge is -2.21. The molecule has 6 nitrogen and oxygen atoms in total. The number of rotatable bonds is 5. The van der Waals surface area contributed by atoms with Crippen molar-refractivity contribution in [1.82, 2.24) is 0 Å². The topological polar surface area (TPSA) is 98.3 Å². The summed E-state index contributed by atoms with van der Waals surface area (Å²) in [5.41, 5.74) is 4.59. The fourth-order valence-electron chi connectivity index (χ4n) is 1.21. The lowest BCUT2D eigenvalue weighted by Crippen LogP contribution is -2.37. The smallest absolute Gasteiger partial charge is 0.293 e. The molecule has 0 heterocycles. The highest BCUT2D eigenvalue weighted by molar-refractivity contribution is 6.30. The maximum Gasteiger partial charge on any atom is 0.293 e. The fraction of sp³-hybridized carbons (Fsp3) is 0.364. The molecule has 0 saturated heterocycles. The molecule has 0 fully saturated rings. The lowest BCUT2D eigenvalue weighted by atomic mass is 9.92. The molecule has 3 N–H and O–H groups in total. The van der Waals surface area contributed by atoms with Crippen LogP contribution >= 0.6 is 11.6 Å². The minimum atomic E-state index is -0.798. The Bertz CT molecular complexity index is 488. The number of nitro benzene ring substituents is 1. The molecular weight excluding hydrogens is 258 g/mol. The first-order valence-electron chi connectivity index (χ1n) is 5.22. The highest BCUT2D eigenvalue weighted by Gasteiger charge is 2.25. The van der Waals surface area contributed by atoms with Gasteiger partial charge in [0.05, 0.1) is 10.3 Å². The van der Waals surface area contributed by atoms with E-state index in [0.29, 0.717) is 5.69 Å². The number of benzene rings is 1. The van der Waals surface area contributed by atoms with Crippen molar-refractivity contribution in [3.63, 3.8) is 0 Å². The predicted octanol–water partition coefficient (Wildman–Crippen LogP) is 2.17. The number of carbonyl (C=O) groups is 1. The van der Waals surface area contributed by atoms with Crippen LogP contribution in [-0.2, 0) is 4.79 Å². The van der Waals surface area contributed by atoms with Crippen LogP contribution in [0.2, 0.25) is 5.02 Å². The first-order chi connectivity index (χ1) is 8.24. The molecule has 1 rings (SSSR count). The van der Waals surface area contributed by atoms with E-state index in [9.17, 15) is 14.9 Å². The number of nitrogens with one attached hydrogen (secondary N) is 1. The molecule has 0 aliphatic rings. The van der Waals surface area contributed by atoms with E-state index >= 15 is 0 Å². The molecule has 0 aliphatic heterocycles. The zero-order chi connectivity index (χ0) is 13.9. The van der Waals surface area contributed by atoms with Crippen molar-refractivity contribution in [3.8, 4) is 0 Å². The van der Waals surface area contributed by atoms with Crippen molar-refractivity contribution in [2.45, 2.75) is 13.8 Å². The normalized spacial score (nSPS) is 11.1. The van der Waals surface area contributed by atoms with Crippen molar-refractivity contribution >= 4 is 28.9 Å². The Hall–Kier alpha value is -1.82. The van der Waals surface area contributed by atoms with Crippen LogP contribution in [0.1, 0.15) is 13.8 Å². The third kappa shape index (κ3) is 3.33. The molecule has 1 amide bonds. The molecule has 0 aliphatic carbocycles. The van der Waals surface area contributed by atoms with Crippen LogP contribution in [-0.4, -0.2) is 17.4 Å². The number of nitro groups is 1. The summed E-state index contributed by atoms with van der Waals surface area (Å²) in [5.74, 6) is -0.480. The SMILES string of the molecule is CC(C)(CNc1ccc(Cl)cc1[N+](=O)[O-])C(N)=O. The van der Waals surface area contributed by atoms with Gasteiger partial charge < -0.3 is 11.1 Å². The molecule has 0 bridgehead atoms. The van der Waals surface area contributed by atoms with Crippen LogP contribution < -0.4 is 11.1 Å². The fourth-order valence-corrected chi connectivity index (χ4v) is 1.37. The molecule has 0 unspecified atom stereocenters. The Labute approximate surface area is 109 Å². The zero-order valence-corrected chi connectivity index (χ0v) is 10.8. The second-order valence-corrected chi connectivity index (χ2v) is 4.96. The summed E-state index contributed by atoms with van der Waals surface area (Å²) < 4.78 is 0. The van der Waals surface area contributed by atoms with Gasteiger partial charge in [-0.15, -0.1) is 0 Å². The van der Waals surface area contributed by atoms with E-state index in [4.69, 9.17) is 17.3 Å². The monoisotopic (exact) mass is 271 g/mol. The summed E-state index contributed by atoms with van der Waals surface area (Å²) in [6.07, 6.45) is 0. The van der Waals surface area contributed by atoms with E-state index in [1.807, 2.05) is 0 Å². The van der Waals surface area contributed by atoms with E-state index < -0.39 is 16.2 Å². The Morgan fingerprint density at radius 3 is 2.67 bits per heavy atom. The van der Waals surface area contributed by atoms with Crippen LogP contribution in [0.15, 0.2) is 18.2 Å². The van der Waals surface area contributed by atoms with Crippen molar-refractivity contribution < 1.29 is 9.72 Å². The van der Waals surface area contributed by atoms with Crippen LogP contribution in [0, 0.1) is 15.5 Å². The van der Waals surface area contributed by atoms with Gasteiger partial charge in [0.15, 0.2) is 0 Å².